The van der Waals surface area contributed by atoms with E-state index in [9.17, 15) is 4.79 Å². The lowest BCUT2D eigenvalue weighted by Gasteiger charge is -2.54. The molecular weight excluding hydrogens is 480 g/mol. The van der Waals surface area contributed by atoms with Crippen molar-refractivity contribution in [1.82, 2.24) is 9.97 Å². The van der Waals surface area contributed by atoms with E-state index >= 15 is 0 Å². The van der Waals surface area contributed by atoms with Crippen LogP contribution in [0, 0.1) is 22.7 Å². The molecule has 0 aliphatic heterocycles. The minimum atomic E-state index is -0.461. The Bertz CT molecular complexity index is 1290. The van der Waals surface area contributed by atoms with E-state index in [1.54, 1.807) is 12.1 Å². The minimum Gasteiger partial charge on any atom is -0.469 e. The van der Waals surface area contributed by atoms with E-state index < -0.39 is 5.41 Å². The van der Waals surface area contributed by atoms with Gasteiger partial charge in [0.15, 0.2) is 0 Å². The molecule has 1 unspecified atom stereocenters. The van der Waals surface area contributed by atoms with Crippen LogP contribution in [-0.2, 0) is 21.4 Å². The van der Waals surface area contributed by atoms with E-state index in [1.165, 1.54) is 18.2 Å². The fourth-order valence-electron chi connectivity index (χ4n) is 6.37. The van der Waals surface area contributed by atoms with Crippen LogP contribution in [0.2, 0.25) is 0 Å². The number of H-pyrrole nitrogens is 1. The monoisotopic (exact) mass is 506 g/mol. The molecule has 6 nitrogen and oxygen atoms in total. The second-order valence-corrected chi connectivity index (χ2v) is 10.6. The van der Waals surface area contributed by atoms with Gasteiger partial charge >= 0.3 is 5.97 Å². The molecule has 0 saturated heterocycles. The summed E-state index contributed by atoms with van der Waals surface area (Å²) in [5.74, 6) is 0.818. The number of ether oxygens (including phenoxy) is 1. The lowest BCUT2D eigenvalue weighted by molar-refractivity contribution is -0.161. The minimum absolute atomic E-state index is 0.0857. The number of hydrogen-bond acceptors (Lipinski definition) is 5. The highest BCUT2D eigenvalue weighted by Crippen LogP contribution is 2.58. The predicted molar refractivity (Wildman–Crippen MR) is 131 cm³/mol. The number of esters is 1. The number of fused-ring (bicyclic) bond motifs is 5. The van der Waals surface area contributed by atoms with E-state index in [-0.39, 0.29) is 17.3 Å². The highest BCUT2D eigenvalue weighted by Gasteiger charge is 2.56. The number of rotatable bonds is 3. The van der Waals surface area contributed by atoms with Crippen LogP contribution in [0.4, 0.5) is 11.6 Å². The Morgan fingerprint density at radius 3 is 2.76 bits per heavy atom. The number of anilines is 2. The van der Waals surface area contributed by atoms with Crippen molar-refractivity contribution in [2.24, 2.45) is 11.3 Å². The van der Waals surface area contributed by atoms with Gasteiger partial charge in [-0.15, -0.1) is 0 Å². The summed E-state index contributed by atoms with van der Waals surface area (Å²) in [7, 11) is 1.50. The van der Waals surface area contributed by atoms with Crippen LogP contribution in [0.25, 0.3) is 11.0 Å². The number of halogens is 1. The summed E-state index contributed by atoms with van der Waals surface area (Å²) in [6, 6.07) is 11.7. The van der Waals surface area contributed by atoms with Gasteiger partial charge in [0.1, 0.15) is 5.52 Å². The van der Waals surface area contributed by atoms with Crippen LogP contribution in [0.15, 0.2) is 34.8 Å². The Kier molecular flexibility index (Phi) is 5.24. The summed E-state index contributed by atoms with van der Waals surface area (Å²) in [6.45, 7) is 4.41. The zero-order valence-corrected chi connectivity index (χ0v) is 20.7. The van der Waals surface area contributed by atoms with Gasteiger partial charge in [-0.2, -0.15) is 5.26 Å². The summed E-state index contributed by atoms with van der Waals surface area (Å²) in [5.41, 5.74) is 5.47. The van der Waals surface area contributed by atoms with Gasteiger partial charge < -0.3 is 15.0 Å². The molecule has 3 atom stereocenters. The van der Waals surface area contributed by atoms with Crippen LogP contribution < -0.4 is 5.32 Å². The average molecular weight is 507 g/mol. The first-order valence-corrected chi connectivity index (χ1v) is 12.2. The molecule has 2 aliphatic rings. The van der Waals surface area contributed by atoms with Gasteiger partial charge in [0.05, 0.1) is 29.7 Å². The first kappa shape index (κ1) is 22.0. The van der Waals surface area contributed by atoms with Crippen LogP contribution in [-0.4, -0.2) is 23.0 Å². The molecule has 1 fully saturated rings. The summed E-state index contributed by atoms with van der Waals surface area (Å²) in [5, 5.41) is 12.3. The second kappa shape index (κ2) is 7.88. The van der Waals surface area contributed by atoms with Crippen molar-refractivity contribution in [3.05, 3.63) is 51.5 Å². The first-order valence-electron chi connectivity index (χ1n) is 11.4. The third kappa shape index (κ3) is 3.34. The average Bonchev–Trinajstić information content (AvgIpc) is 3.24. The number of benzene rings is 2. The first-order chi connectivity index (χ1) is 15.8. The number of nitriles is 1. The zero-order valence-electron chi connectivity index (χ0n) is 19.1. The van der Waals surface area contributed by atoms with Crippen molar-refractivity contribution in [2.75, 3.05) is 12.4 Å². The number of carbonyl (C=O) groups is 1. The van der Waals surface area contributed by atoms with Gasteiger partial charge in [-0.1, -0.05) is 13.3 Å². The summed E-state index contributed by atoms with van der Waals surface area (Å²) in [4.78, 5) is 21.1. The van der Waals surface area contributed by atoms with Crippen molar-refractivity contribution >= 4 is 44.6 Å². The largest absolute Gasteiger partial charge is 0.469 e. The third-order valence-corrected chi connectivity index (χ3v) is 8.59. The normalized spacial score (nSPS) is 26.2. The SMILES string of the molecule is COC(=O)[C@]1(C)CCC[C@]2(C)c3cc(Br)c4nc(Nc5ccc(C#N)cc5)[nH]c4c3CCC12. The lowest BCUT2D eigenvalue weighted by atomic mass is 9.50. The summed E-state index contributed by atoms with van der Waals surface area (Å²) >= 11 is 3.77. The molecule has 0 spiro atoms. The van der Waals surface area contributed by atoms with Crippen molar-refractivity contribution in [3.63, 3.8) is 0 Å². The van der Waals surface area contributed by atoms with Crippen molar-refractivity contribution < 1.29 is 9.53 Å². The van der Waals surface area contributed by atoms with Crippen LogP contribution in [0.5, 0.6) is 0 Å². The van der Waals surface area contributed by atoms with E-state index in [4.69, 9.17) is 15.0 Å². The number of imidazole rings is 1. The maximum absolute atomic E-state index is 12.8. The molecule has 170 valence electrons. The Hall–Kier alpha value is -2.85. The molecule has 33 heavy (non-hydrogen) atoms. The van der Waals surface area contributed by atoms with Crippen molar-refractivity contribution in [1.29, 1.82) is 5.26 Å². The quantitative estimate of drug-likeness (QED) is 0.417. The summed E-state index contributed by atoms with van der Waals surface area (Å²) in [6.07, 6.45) is 4.77. The fraction of sp³-hybridized carbons (Fsp3) is 0.423. The molecule has 0 bridgehead atoms. The number of aromatic nitrogens is 2. The molecule has 7 heteroatoms. The molecule has 5 rings (SSSR count). The number of methoxy groups -OCH3 is 1. The smallest absolute Gasteiger partial charge is 0.311 e. The molecule has 2 N–H and O–H groups in total. The highest BCUT2D eigenvalue weighted by atomic mass is 79.9. The Morgan fingerprint density at radius 2 is 2.06 bits per heavy atom. The molecular formula is C26H27BrN4O2. The number of carbonyl (C=O) groups excluding carboxylic acids is 1. The standard InChI is InChI=1S/C26H27BrN4O2/c1-25-11-4-12-26(2,23(32)33-3)20(25)10-9-17-18(25)13-19(27)22-21(17)30-24(31-22)29-16-7-5-15(14-28)6-8-16/h5-8,13,20H,4,9-12H2,1-3H3,(H2,29,30,31)/t20?,25-,26-/m1/s1. The topological polar surface area (TPSA) is 90.8 Å². The fourth-order valence-corrected chi connectivity index (χ4v) is 6.89. The van der Waals surface area contributed by atoms with Gasteiger partial charge in [0.25, 0.3) is 0 Å². The Labute approximate surface area is 201 Å². The van der Waals surface area contributed by atoms with E-state index in [0.29, 0.717) is 11.5 Å². The van der Waals surface area contributed by atoms with E-state index in [2.05, 4.69) is 52.2 Å². The van der Waals surface area contributed by atoms with Gasteiger partial charge in [0.2, 0.25) is 5.95 Å². The Morgan fingerprint density at radius 1 is 1.30 bits per heavy atom. The number of nitrogens with zero attached hydrogens (tertiary/aromatic N) is 2. The maximum Gasteiger partial charge on any atom is 0.311 e. The molecule has 1 saturated carbocycles. The molecule has 2 aliphatic carbocycles. The number of aryl methyl sites for hydroxylation is 1. The molecule has 1 heterocycles. The molecule has 1 aromatic heterocycles. The van der Waals surface area contributed by atoms with E-state index in [1.807, 2.05) is 12.1 Å². The zero-order chi connectivity index (χ0) is 23.4. The van der Waals surface area contributed by atoms with Gasteiger partial charge in [-0.3, -0.25) is 4.79 Å². The maximum atomic E-state index is 12.8. The highest BCUT2D eigenvalue weighted by molar-refractivity contribution is 9.10. The van der Waals surface area contributed by atoms with Crippen molar-refractivity contribution in [3.8, 4) is 6.07 Å². The number of hydrogen-bond donors (Lipinski definition) is 2. The van der Waals surface area contributed by atoms with Crippen LogP contribution in [0.3, 0.4) is 0 Å². The van der Waals surface area contributed by atoms with Gasteiger partial charge in [-0.05, 0) is 101 Å². The van der Waals surface area contributed by atoms with Crippen LogP contribution >= 0.6 is 15.9 Å². The molecule has 3 aromatic rings. The third-order valence-electron chi connectivity index (χ3n) is 7.99. The Balaban J connectivity index is 1.57. The summed E-state index contributed by atoms with van der Waals surface area (Å²) < 4.78 is 6.20. The molecule has 0 amide bonds. The number of nitrogens with one attached hydrogen (secondary N) is 2. The molecule has 2 aromatic carbocycles. The van der Waals surface area contributed by atoms with Gasteiger partial charge in [0, 0.05) is 10.2 Å². The van der Waals surface area contributed by atoms with E-state index in [0.717, 1.165) is 53.3 Å². The van der Waals surface area contributed by atoms with Crippen LogP contribution in [0.1, 0.15) is 56.2 Å². The lowest BCUT2D eigenvalue weighted by Crippen LogP contribution is -2.52. The predicted octanol–water partition coefficient (Wildman–Crippen LogP) is 6.12. The second-order valence-electron chi connectivity index (χ2n) is 9.78. The van der Waals surface area contributed by atoms with Gasteiger partial charge in [-0.25, -0.2) is 4.98 Å². The number of aromatic amines is 1. The van der Waals surface area contributed by atoms with Crippen molar-refractivity contribution in [2.45, 2.75) is 51.4 Å². The molecule has 0 radical (unpaired) electrons.